The van der Waals surface area contributed by atoms with Gasteiger partial charge in [-0.15, -0.1) is 11.3 Å². The fourth-order valence-corrected chi connectivity index (χ4v) is 7.08. The highest BCUT2D eigenvalue weighted by Crippen LogP contribution is 2.49. The molecule has 6 aromatic carbocycles. The molecule has 0 aliphatic carbocycles. The summed E-state index contributed by atoms with van der Waals surface area (Å²) in [7, 11) is 0. The van der Waals surface area contributed by atoms with E-state index in [1.54, 1.807) is 0 Å². The maximum atomic E-state index is 7.00. The van der Waals surface area contributed by atoms with Crippen molar-refractivity contribution in [2.24, 2.45) is 0 Å². The minimum Gasteiger partial charge on any atom is -0.455 e. The van der Waals surface area contributed by atoms with Crippen LogP contribution in [0.3, 0.4) is 0 Å². The summed E-state index contributed by atoms with van der Waals surface area (Å²) in [6.07, 6.45) is 0. The van der Waals surface area contributed by atoms with Gasteiger partial charge in [0.15, 0.2) is 0 Å². The molecule has 0 bridgehead atoms. The zero-order chi connectivity index (χ0) is 26.5. The van der Waals surface area contributed by atoms with Gasteiger partial charge in [0.2, 0.25) is 0 Å². The molecular formula is C38H24OS. The van der Waals surface area contributed by atoms with Crippen molar-refractivity contribution in [1.82, 2.24) is 0 Å². The Morgan fingerprint density at radius 1 is 0.400 bits per heavy atom. The third-order valence-corrected chi connectivity index (χ3v) is 8.92. The van der Waals surface area contributed by atoms with Crippen LogP contribution >= 0.6 is 11.3 Å². The molecule has 0 radical (unpaired) electrons. The van der Waals surface area contributed by atoms with Crippen LogP contribution < -0.4 is 0 Å². The lowest BCUT2D eigenvalue weighted by Crippen LogP contribution is -1.85. The van der Waals surface area contributed by atoms with Crippen molar-refractivity contribution in [3.05, 3.63) is 146 Å². The smallest absolute Gasteiger partial charge is 0.144 e. The van der Waals surface area contributed by atoms with Crippen LogP contribution in [0.2, 0.25) is 0 Å². The Morgan fingerprint density at radius 2 is 1.00 bits per heavy atom. The molecule has 8 aromatic rings. The molecule has 0 N–H and O–H groups in total. The van der Waals surface area contributed by atoms with Gasteiger partial charge in [0.05, 0.1) is 0 Å². The SMILES string of the molecule is c1ccc(-c2cccc(-c3oc(-c4c(-c5ccccc5)ccc5c4sc4ccccc45)c4ccccc34)c2)cc1. The van der Waals surface area contributed by atoms with Gasteiger partial charge in [-0.1, -0.05) is 133 Å². The van der Waals surface area contributed by atoms with Crippen LogP contribution in [0.1, 0.15) is 0 Å². The van der Waals surface area contributed by atoms with Crippen LogP contribution in [0.5, 0.6) is 0 Å². The van der Waals surface area contributed by atoms with E-state index in [0.29, 0.717) is 0 Å². The third kappa shape index (κ3) is 3.69. The van der Waals surface area contributed by atoms with E-state index in [2.05, 4.69) is 146 Å². The molecule has 0 aliphatic rings. The molecule has 0 fully saturated rings. The molecule has 2 aromatic heterocycles. The first-order valence-electron chi connectivity index (χ1n) is 13.5. The largest absolute Gasteiger partial charge is 0.455 e. The maximum absolute atomic E-state index is 7.00. The van der Waals surface area contributed by atoms with Gasteiger partial charge in [-0.05, 0) is 34.4 Å². The van der Waals surface area contributed by atoms with Crippen molar-refractivity contribution < 1.29 is 4.42 Å². The lowest BCUT2D eigenvalue weighted by atomic mass is 9.94. The summed E-state index contributed by atoms with van der Waals surface area (Å²) in [5.74, 6) is 1.83. The molecule has 40 heavy (non-hydrogen) atoms. The highest BCUT2D eigenvalue weighted by molar-refractivity contribution is 7.26. The first-order valence-corrected chi connectivity index (χ1v) is 14.3. The first-order chi connectivity index (χ1) is 19.8. The fourth-order valence-electron chi connectivity index (χ4n) is 5.83. The summed E-state index contributed by atoms with van der Waals surface area (Å²) in [5, 5.41) is 4.81. The van der Waals surface area contributed by atoms with Crippen LogP contribution in [0.4, 0.5) is 0 Å². The molecule has 0 atom stereocenters. The highest BCUT2D eigenvalue weighted by atomic mass is 32.1. The number of benzene rings is 6. The van der Waals surface area contributed by atoms with E-state index in [1.807, 2.05) is 11.3 Å². The van der Waals surface area contributed by atoms with Crippen molar-refractivity contribution in [3.8, 4) is 44.9 Å². The average Bonchev–Trinajstić information content (AvgIpc) is 3.60. The molecule has 0 saturated carbocycles. The molecule has 1 nitrogen and oxygen atoms in total. The molecular weight excluding hydrogens is 504 g/mol. The molecule has 0 unspecified atom stereocenters. The number of rotatable bonds is 4. The lowest BCUT2D eigenvalue weighted by Gasteiger charge is -2.11. The molecule has 0 amide bonds. The Kier molecular flexibility index (Phi) is 5.39. The van der Waals surface area contributed by atoms with Gasteiger partial charge in [-0.2, -0.15) is 0 Å². The normalized spacial score (nSPS) is 11.5. The van der Waals surface area contributed by atoms with Gasteiger partial charge in [0, 0.05) is 42.1 Å². The quantitative estimate of drug-likeness (QED) is 0.221. The van der Waals surface area contributed by atoms with E-state index >= 15 is 0 Å². The number of furan rings is 1. The molecule has 0 spiro atoms. The van der Waals surface area contributed by atoms with Crippen molar-refractivity contribution in [3.63, 3.8) is 0 Å². The maximum Gasteiger partial charge on any atom is 0.144 e. The Morgan fingerprint density at radius 3 is 1.77 bits per heavy atom. The zero-order valence-corrected chi connectivity index (χ0v) is 22.5. The van der Waals surface area contributed by atoms with Gasteiger partial charge in [-0.25, -0.2) is 0 Å². The van der Waals surface area contributed by atoms with Gasteiger partial charge in [-0.3, -0.25) is 0 Å². The summed E-state index contributed by atoms with van der Waals surface area (Å²) < 4.78 is 9.54. The summed E-state index contributed by atoms with van der Waals surface area (Å²) in [4.78, 5) is 0. The zero-order valence-electron chi connectivity index (χ0n) is 21.7. The first kappa shape index (κ1) is 23.0. The lowest BCUT2D eigenvalue weighted by molar-refractivity contribution is 0.603. The molecule has 2 heterocycles. The molecule has 0 aliphatic heterocycles. The second kappa shape index (κ2) is 9.37. The average molecular weight is 529 g/mol. The van der Waals surface area contributed by atoms with Crippen LogP contribution in [0, 0.1) is 0 Å². The predicted octanol–water partition coefficient (Wildman–Crippen LogP) is 11.5. The van der Waals surface area contributed by atoms with Crippen LogP contribution in [0.15, 0.2) is 150 Å². The van der Waals surface area contributed by atoms with Crippen LogP contribution in [0.25, 0.3) is 75.8 Å². The van der Waals surface area contributed by atoms with Crippen LogP contribution in [-0.2, 0) is 0 Å². The number of hydrogen-bond acceptors (Lipinski definition) is 2. The standard InChI is InChI=1S/C38H24OS/c1-3-12-25(13-4-1)27-16-11-17-28(24-27)36-31-19-7-8-20-32(31)37(39-36)35-29(26-14-5-2-6-15-26)22-23-33-30-18-9-10-21-34(30)40-38(33)35/h1-24H. The fraction of sp³-hybridized carbons (Fsp3) is 0. The van der Waals surface area contributed by atoms with Crippen molar-refractivity contribution in [2.45, 2.75) is 0 Å². The molecule has 0 saturated heterocycles. The summed E-state index contributed by atoms with van der Waals surface area (Å²) in [6, 6.07) is 51.7. The third-order valence-electron chi connectivity index (χ3n) is 7.71. The van der Waals surface area contributed by atoms with E-state index in [-0.39, 0.29) is 0 Å². The second-order valence-corrected chi connectivity index (χ2v) is 11.1. The number of hydrogen-bond donors (Lipinski definition) is 0. The monoisotopic (exact) mass is 528 g/mol. The predicted molar refractivity (Wildman–Crippen MR) is 171 cm³/mol. The Labute approximate surface area is 236 Å². The minimum absolute atomic E-state index is 0.903. The number of thiophene rings is 1. The van der Waals surface area contributed by atoms with Crippen molar-refractivity contribution >= 4 is 42.3 Å². The topological polar surface area (TPSA) is 13.1 Å². The van der Waals surface area contributed by atoms with Crippen molar-refractivity contribution in [2.75, 3.05) is 0 Å². The Hall–Kier alpha value is -4.92. The summed E-state index contributed by atoms with van der Waals surface area (Å²) >= 11 is 1.85. The molecule has 8 rings (SSSR count). The Balaban J connectivity index is 1.43. The number of fused-ring (bicyclic) bond motifs is 4. The summed E-state index contributed by atoms with van der Waals surface area (Å²) in [6.45, 7) is 0. The van der Waals surface area contributed by atoms with E-state index < -0.39 is 0 Å². The van der Waals surface area contributed by atoms with Gasteiger partial charge in [0.1, 0.15) is 11.5 Å². The van der Waals surface area contributed by atoms with Gasteiger partial charge < -0.3 is 4.42 Å². The molecule has 2 heteroatoms. The summed E-state index contributed by atoms with van der Waals surface area (Å²) in [5.41, 5.74) is 6.98. The van der Waals surface area contributed by atoms with E-state index in [0.717, 1.165) is 33.4 Å². The highest BCUT2D eigenvalue weighted by Gasteiger charge is 2.23. The van der Waals surface area contributed by atoms with Gasteiger partial charge >= 0.3 is 0 Å². The van der Waals surface area contributed by atoms with Crippen LogP contribution in [-0.4, -0.2) is 0 Å². The molecule has 188 valence electrons. The van der Waals surface area contributed by atoms with Crippen molar-refractivity contribution in [1.29, 1.82) is 0 Å². The second-order valence-electron chi connectivity index (χ2n) is 10.1. The van der Waals surface area contributed by atoms with E-state index in [1.165, 1.54) is 42.4 Å². The van der Waals surface area contributed by atoms with E-state index in [9.17, 15) is 0 Å². The Bertz CT molecular complexity index is 2150. The minimum atomic E-state index is 0.903. The van der Waals surface area contributed by atoms with Gasteiger partial charge in [0.25, 0.3) is 0 Å². The van der Waals surface area contributed by atoms with E-state index in [4.69, 9.17) is 4.42 Å².